The summed E-state index contributed by atoms with van der Waals surface area (Å²) in [6.45, 7) is 9.64. The summed E-state index contributed by atoms with van der Waals surface area (Å²) in [5, 5.41) is 0. The highest BCUT2D eigenvalue weighted by molar-refractivity contribution is 5.92. The van der Waals surface area contributed by atoms with Crippen molar-refractivity contribution >= 4 is 12.0 Å². The average Bonchev–Trinajstić information content (AvgIpc) is 2.81. The molecule has 1 aromatic carbocycles. The van der Waals surface area contributed by atoms with Gasteiger partial charge in [-0.15, -0.1) is 0 Å². The van der Waals surface area contributed by atoms with Gasteiger partial charge in [-0.3, -0.25) is 4.79 Å². The third-order valence-corrected chi connectivity index (χ3v) is 3.97. The topological polar surface area (TPSA) is 25.2 Å². The van der Waals surface area contributed by atoms with E-state index in [9.17, 15) is 4.79 Å². The Hall–Kier alpha value is -2.29. The lowest BCUT2D eigenvalue weighted by Crippen LogP contribution is -2.28. The minimum Gasteiger partial charge on any atom is -0.340 e. The third-order valence-electron chi connectivity index (χ3n) is 3.97. The summed E-state index contributed by atoms with van der Waals surface area (Å²) < 4.78 is 2.21. The Morgan fingerprint density at radius 3 is 2.36 bits per heavy atom. The predicted molar refractivity (Wildman–Crippen MR) is 92.2 cm³/mol. The Kier molecular flexibility index (Phi) is 5.21. The van der Waals surface area contributed by atoms with Crippen molar-refractivity contribution < 1.29 is 4.79 Å². The molecule has 0 fully saturated rings. The van der Waals surface area contributed by atoms with Gasteiger partial charge in [-0.25, -0.2) is 0 Å². The molecule has 0 N–H and O–H groups in total. The Bertz CT molecular complexity index is 664. The highest BCUT2D eigenvalue weighted by Crippen LogP contribution is 2.21. The van der Waals surface area contributed by atoms with E-state index in [1.54, 1.807) is 6.08 Å². The molecule has 0 aliphatic rings. The van der Waals surface area contributed by atoms with E-state index in [0.29, 0.717) is 0 Å². The van der Waals surface area contributed by atoms with Gasteiger partial charge in [0.2, 0.25) is 5.91 Å². The summed E-state index contributed by atoms with van der Waals surface area (Å²) in [4.78, 5) is 13.9. The predicted octanol–water partition coefficient (Wildman–Crippen LogP) is 3.98. The quantitative estimate of drug-likeness (QED) is 0.766. The number of carbonyl (C=O) groups is 1. The molecule has 0 atom stereocenters. The second-order valence-electron chi connectivity index (χ2n) is 5.34. The van der Waals surface area contributed by atoms with E-state index in [2.05, 4.69) is 36.6 Å². The van der Waals surface area contributed by atoms with Gasteiger partial charge in [0.25, 0.3) is 0 Å². The minimum absolute atomic E-state index is 0.0644. The van der Waals surface area contributed by atoms with Crippen molar-refractivity contribution in [1.29, 1.82) is 0 Å². The molecule has 0 spiro atoms. The first kappa shape index (κ1) is 16.1. The standard InChI is InChI=1S/C19H24N2O/c1-5-20(6-2)19(22)13-12-17-14-15(3)21(16(17)4)18-10-8-7-9-11-18/h7-14H,5-6H2,1-4H3. The van der Waals surface area contributed by atoms with Crippen molar-refractivity contribution in [3.8, 4) is 5.69 Å². The van der Waals surface area contributed by atoms with Crippen molar-refractivity contribution in [2.75, 3.05) is 13.1 Å². The molecule has 0 unspecified atom stereocenters. The number of hydrogen-bond donors (Lipinski definition) is 0. The summed E-state index contributed by atoms with van der Waals surface area (Å²) in [7, 11) is 0. The van der Waals surface area contributed by atoms with Crippen molar-refractivity contribution in [3.63, 3.8) is 0 Å². The van der Waals surface area contributed by atoms with Crippen molar-refractivity contribution in [3.05, 3.63) is 59.4 Å². The van der Waals surface area contributed by atoms with Crippen molar-refractivity contribution in [2.24, 2.45) is 0 Å². The Balaban J connectivity index is 2.30. The van der Waals surface area contributed by atoms with Gasteiger partial charge >= 0.3 is 0 Å². The number of aromatic nitrogens is 1. The first-order valence-electron chi connectivity index (χ1n) is 7.79. The van der Waals surface area contributed by atoms with Gasteiger partial charge in [0.05, 0.1) is 0 Å². The van der Waals surface area contributed by atoms with E-state index in [1.165, 1.54) is 5.69 Å². The van der Waals surface area contributed by atoms with E-state index >= 15 is 0 Å². The molecule has 3 nitrogen and oxygen atoms in total. The molecule has 3 heteroatoms. The van der Waals surface area contributed by atoms with Crippen LogP contribution in [0.4, 0.5) is 0 Å². The molecule has 0 saturated heterocycles. The molecule has 2 aromatic rings. The summed E-state index contributed by atoms with van der Waals surface area (Å²) in [6.07, 6.45) is 3.59. The maximum absolute atomic E-state index is 12.1. The lowest BCUT2D eigenvalue weighted by atomic mass is 10.2. The molecule has 22 heavy (non-hydrogen) atoms. The van der Waals surface area contributed by atoms with Gasteiger partial charge < -0.3 is 9.47 Å². The summed E-state index contributed by atoms with van der Waals surface area (Å²) in [5.74, 6) is 0.0644. The first-order valence-corrected chi connectivity index (χ1v) is 7.79. The summed E-state index contributed by atoms with van der Waals surface area (Å²) >= 11 is 0. The van der Waals surface area contributed by atoms with Crippen LogP contribution in [0.2, 0.25) is 0 Å². The van der Waals surface area contributed by atoms with Gasteiger partial charge in [-0.1, -0.05) is 18.2 Å². The van der Waals surface area contributed by atoms with Crippen LogP contribution in [0.25, 0.3) is 11.8 Å². The maximum Gasteiger partial charge on any atom is 0.246 e. The highest BCUT2D eigenvalue weighted by atomic mass is 16.2. The Morgan fingerprint density at radius 1 is 1.14 bits per heavy atom. The van der Waals surface area contributed by atoms with E-state index in [0.717, 1.165) is 30.0 Å². The Labute approximate surface area is 132 Å². The van der Waals surface area contributed by atoms with Crippen LogP contribution < -0.4 is 0 Å². The SMILES string of the molecule is CCN(CC)C(=O)C=Cc1cc(C)n(-c2ccccc2)c1C. The first-order chi connectivity index (χ1) is 10.6. The van der Waals surface area contributed by atoms with E-state index in [1.807, 2.05) is 43.0 Å². The van der Waals surface area contributed by atoms with Crippen molar-refractivity contribution in [2.45, 2.75) is 27.7 Å². The van der Waals surface area contributed by atoms with Crippen LogP contribution in [0, 0.1) is 13.8 Å². The molecule has 0 bridgehead atoms. The Morgan fingerprint density at radius 2 is 1.77 bits per heavy atom. The number of amides is 1. The smallest absolute Gasteiger partial charge is 0.246 e. The van der Waals surface area contributed by atoms with Crippen LogP contribution in [0.1, 0.15) is 30.8 Å². The van der Waals surface area contributed by atoms with Crippen LogP contribution in [0.5, 0.6) is 0 Å². The average molecular weight is 296 g/mol. The van der Waals surface area contributed by atoms with Gasteiger partial charge in [0.15, 0.2) is 0 Å². The molecular formula is C19H24N2O. The van der Waals surface area contributed by atoms with Crippen molar-refractivity contribution in [1.82, 2.24) is 9.47 Å². The number of nitrogens with zero attached hydrogens (tertiary/aromatic N) is 2. The number of aryl methyl sites for hydroxylation is 1. The normalized spacial score (nSPS) is 11.1. The number of rotatable bonds is 5. The van der Waals surface area contributed by atoms with E-state index < -0.39 is 0 Å². The number of para-hydroxylation sites is 1. The zero-order valence-electron chi connectivity index (χ0n) is 13.8. The van der Waals surface area contributed by atoms with Crippen LogP contribution in [0.15, 0.2) is 42.5 Å². The summed E-state index contributed by atoms with van der Waals surface area (Å²) in [6, 6.07) is 12.4. The van der Waals surface area contributed by atoms with Crippen LogP contribution in [-0.4, -0.2) is 28.5 Å². The van der Waals surface area contributed by atoms with Crippen LogP contribution in [0.3, 0.4) is 0 Å². The second-order valence-corrected chi connectivity index (χ2v) is 5.34. The molecule has 1 aromatic heterocycles. The van der Waals surface area contributed by atoms with E-state index in [-0.39, 0.29) is 5.91 Å². The summed E-state index contributed by atoms with van der Waals surface area (Å²) in [5.41, 5.74) is 4.54. The molecule has 1 heterocycles. The fourth-order valence-electron chi connectivity index (χ4n) is 2.73. The molecule has 1 amide bonds. The number of carbonyl (C=O) groups excluding carboxylic acids is 1. The van der Waals surface area contributed by atoms with Gasteiger partial charge in [0.1, 0.15) is 0 Å². The monoisotopic (exact) mass is 296 g/mol. The molecule has 0 radical (unpaired) electrons. The number of likely N-dealkylation sites (N-methyl/N-ethyl adjacent to an activating group) is 1. The minimum atomic E-state index is 0.0644. The van der Waals surface area contributed by atoms with Crippen LogP contribution >= 0.6 is 0 Å². The zero-order chi connectivity index (χ0) is 16.1. The highest BCUT2D eigenvalue weighted by Gasteiger charge is 2.10. The zero-order valence-corrected chi connectivity index (χ0v) is 13.8. The second kappa shape index (κ2) is 7.12. The van der Waals surface area contributed by atoms with Gasteiger partial charge in [-0.05, 0) is 57.5 Å². The van der Waals surface area contributed by atoms with Gasteiger partial charge in [0, 0.05) is 36.2 Å². The van der Waals surface area contributed by atoms with E-state index in [4.69, 9.17) is 0 Å². The fourth-order valence-corrected chi connectivity index (χ4v) is 2.73. The van der Waals surface area contributed by atoms with Gasteiger partial charge in [-0.2, -0.15) is 0 Å². The molecule has 0 aliphatic carbocycles. The van der Waals surface area contributed by atoms with Crippen LogP contribution in [-0.2, 0) is 4.79 Å². The lowest BCUT2D eigenvalue weighted by molar-refractivity contribution is -0.125. The maximum atomic E-state index is 12.1. The molecular weight excluding hydrogens is 272 g/mol. The molecule has 2 rings (SSSR count). The number of benzene rings is 1. The molecule has 0 aliphatic heterocycles. The number of hydrogen-bond acceptors (Lipinski definition) is 1. The third kappa shape index (κ3) is 3.30. The molecule has 0 saturated carbocycles. The fraction of sp³-hybridized carbons (Fsp3) is 0.316. The molecule has 116 valence electrons. The largest absolute Gasteiger partial charge is 0.340 e. The lowest BCUT2D eigenvalue weighted by Gasteiger charge is -2.15.